The fourth-order valence-electron chi connectivity index (χ4n) is 2.50. The molecule has 0 atom stereocenters. The molecule has 0 aliphatic carbocycles. The molecule has 0 aliphatic rings. The van der Waals surface area contributed by atoms with Crippen LogP contribution in [0.3, 0.4) is 0 Å². The molecule has 0 unspecified atom stereocenters. The van der Waals surface area contributed by atoms with Crippen LogP contribution in [-0.2, 0) is 0 Å². The van der Waals surface area contributed by atoms with Gasteiger partial charge in [0.1, 0.15) is 0 Å². The lowest BCUT2D eigenvalue weighted by atomic mass is 10.1. The lowest BCUT2D eigenvalue weighted by molar-refractivity contribution is 0.102. The lowest BCUT2D eigenvalue weighted by Gasteiger charge is -2.07. The van der Waals surface area contributed by atoms with Crippen molar-refractivity contribution < 1.29 is 18.7 Å². The Kier molecular flexibility index (Phi) is 4.88. The summed E-state index contributed by atoms with van der Waals surface area (Å²) in [5, 5.41) is 10.5. The molecule has 3 aromatic rings. The molecule has 0 aliphatic heterocycles. The number of nitrogens with one attached hydrogen (secondary N) is 1. The summed E-state index contributed by atoms with van der Waals surface area (Å²) in [6.45, 7) is 3.80. The van der Waals surface area contributed by atoms with E-state index < -0.39 is 0 Å². The number of rotatable bonds is 5. The summed E-state index contributed by atoms with van der Waals surface area (Å²) in [4.78, 5) is 12.4. The van der Waals surface area contributed by atoms with Crippen molar-refractivity contribution >= 4 is 11.9 Å². The molecule has 1 aromatic heterocycles. The number of amides is 1. The highest BCUT2D eigenvalue weighted by Gasteiger charge is 2.16. The van der Waals surface area contributed by atoms with Gasteiger partial charge >= 0.3 is 6.01 Å². The van der Waals surface area contributed by atoms with Crippen LogP contribution >= 0.6 is 0 Å². The molecule has 134 valence electrons. The summed E-state index contributed by atoms with van der Waals surface area (Å²) in [6, 6.07) is 10.9. The number of anilines is 1. The number of ether oxygens (including phenoxy) is 2. The Hall–Kier alpha value is -3.35. The highest BCUT2D eigenvalue weighted by molar-refractivity contribution is 6.04. The molecule has 1 N–H and O–H groups in total. The van der Waals surface area contributed by atoms with E-state index in [1.165, 1.54) is 0 Å². The quantitative estimate of drug-likeness (QED) is 0.754. The molecule has 1 amide bonds. The molecular formula is C19H19N3O4. The predicted molar refractivity (Wildman–Crippen MR) is 96.7 cm³/mol. The van der Waals surface area contributed by atoms with E-state index in [4.69, 9.17) is 13.9 Å². The highest BCUT2D eigenvalue weighted by atomic mass is 16.5. The summed E-state index contributed by atoms with van der Waals surface area (Å²) in [7, 11) is 3.11. The van der Waals surface area contributed by atoms with E-state index in [-0.39, 0.29) is 17.8 Å². The van der Waals surface area contributed by atoms with E-state index in [0.29, 0.717) is 22.6 Å². The molecule has 7 nitrogen and oxygen atoms in total. The molecular weight excluding hydrogens is 334 g/mol. The van der Waals surface area contributed by atoms with Gasteiger partial charge in [-0.15, -0.1) is 5.10 Å². The second kappa shape index (κ2) is 7.26. The standard InChI is InChI=1S/C19H19N3O4/c1-11-5-6-12(2)14(9-11)17(23)20-19-22-21-18(26-19)13-7-8-15(24-3)16(10-13)25-4/h5-10H,1-4H3,(H,20,22,23). The maximum Gasteiger partial charge on any atom is 0.322 e. The van der Waals surface area contributed by atoms with E-state index >= 15 is 0 Å². The van der Waals surface area contributed by atoms with Crippen LogP contribution in [0.1, 0.15) is 21.5 Å². The van der Waals surface area contributed by atoms with Gasteiger partial charge in [-0.3, -0.25) is 10.1 Å². The normalized spacial score (nSPS) is 10.5. The summed E-state index contributed by atoms with van der Waals surface area (Å²) >= 11 is 0. The van der Waals surface area contributed by atoms with Crippen LogP contribution in [0, 0.1) is 13.8 Å². The minimum atomic E-state index is -0.297. The number of hydrogen-bond donors (Lipinski definition) is 1. The van der Waals surface area contributed by atoms with Gasteiger partial charge in [0.15, 0.2) is 11.5 Å². The summed E-state index contributed by atoms with van der Waals surface area (Å²) in [6.07, 6.45) is 0. The van der Waals surface area contributed by atoms with Gasteiger partial charge in [0.25, 0.3) is 5.91 Å². The van der Waals surface area contributed by atoms with Crippen molar-refractivity contribution in [2.45, 2.75) is 13.8 Å². The van der Waals surface area contributed by atoms with E-state index in [1.807, 2.05) is 32.0 Å². The number of aryl methyl sites for hydroxylation is 2. The number of nitrogens with zero attached hydrogens (tertiary/aromatic N) is 2. The first kappa shape index (κ1) is 17.5. The van der Waals surface area contributed by atoms with Crippen molar-refractivity contribution in [1.29, 1.82) is 0 Å². The van der Waals surface area contributed by atoms with Gasteiger partial charge in [-0.05, 0) is 43.7 Å². The minimum absolute atomic E-state index is 0.0284. The molecule has 1 heterocycles. The second-order valence-corrected chi connectivity index (χ2v) is 5.75. The van der Waals surface area contributed by atoms with Crippen molar-refractivity contribution in [3.05, 3.63) is 53.1 Å². The fraction of sp³-hybridized carbons (Fsp3) is 0.211. The molecule has 26 heavy (non-hydrogen) atoms. The number of aromatic nitrogens is 2. The first-order valence-electron chi connectivity index (χ1n) is 7.96. The lowest BCUT2D eigenvalue weighted by Crippen LogP contribution is -2.13. The Morgan fingerprint density at radius 3 is 2.50 bits per heavy atom. The monoisotopic (exact) mass is 353 g/mol. The number of carbonyl (C=O) groups is 1. The van der Waals surface area contributed by atoms with Crippen LogP contribution in [0.15, 0.2) is 40.8 Å². The van der Waals surface area contributed by atoms with Crippen LogP contribution < -0.4 is 14.8 Å². The summed E-state index contributed by atoms with van der Waals surface area (Å²) in [5.74, 6) is 1.11. The van der Waals surface area contributed by atoms with Gasteiger partial charge in [0.2, 0.25) is 5.89 Å². The molecule has 0 radical (unpaired) electrons. The third-order valence-electron chi connectivity index (χ3n) is 3.91. The topological polar surface area (TPSA) is 86.5 Å². The Morgan fingerprint density at radius 2 is 1.77 bits per heavy atom. The van der Waals surface area contributed by atoms with Gasteiger partial charge in [-0.25, -0.2) is 0 Å². The Labute approximate surface area is 151 Å². The van der Waals surface area contributed by atoms with E-state index in [0.717, 1.165) is 11.1 Å². The maximum absolute atomic E-state index is 12.4. The van der Waals surface area contributed by atoms with E-state index in [1.54, 1.807) is 32.4 Å². The molecule has 0 saturated carbocycles. The second-order valence-electron chi connectivity index (χ2n) is 5.75. The fourth-order valence-corrected chi connectivity index (χ4v) is 2.50. The zero-order valence-corrected chi connectivity index (χ0v) is 15.0. The third-order valence-corrected chi connectivity index (χ3v) is 3.91. The molecule has 0 bridgehead atoms. The van der Waals surface area contributed by atoms with Gasteiger partial charge in [-0.2, -0.15) is 0 Å². The largest absolute Gasteiger partial charge is 0.493 e. The first-order valence-corrected chi connectivity index (χ1v) is 7.96. The van der Waals surface area contributed by atoms with Gasteiger partial charge in [-0.1, -0.05) is 22.8 Å². The Morgan fingerprint density at radius 1 is 1.00 bits per heavy atom. The summed E-state index contributed by atoms with van der Waals surface area (Å²) in [5.41, 5.74) is 3.09. The number of methoxy groups -OCH3 is 2. The maximum atomic E-state index is 12.4. The van der Waals surface area contributed by atoms with E-state index in [2.05, 4.69) is 15.5 Å². The number of hydrogen-bond acceptors (Lipinski definition) is 6. The Bertz CT molecular complexity index is 950. The van der Waals surface area contributed by atoms with Crippen molar-refractivity contribution in [1.82, 2.24) is 10.2 Å². The summed E-state index contributed by atoms with van der Waals surface area (Å²) < 4.78 is 16.0. The predicted octanol–water partition coefficient (Wildman–Crippen LogP) is 3.62. The number of benzene rings is 2. The smallest absolute Gasteiger partial charge is 0.322 e. The van der Waals surface area contributed by atoms with Crippen molar-refractivity contribution in [3.63, 3.8) is 0 Å². The number of carbonyl (C=O) groups excluding carboxylic acids is 1. The minimum Gasteiger partial charge on any atom is -0.493 e. The SMILES string of the molecule is COc1ccc(-c2nnc(NC(=O)c3cc(C)ccc3C)o2)cc1OC. The van der Waals surface area contributed by atoms with Crippen LogP contribution in [0.2, 0.25) is 0 Å². The average Bonchev–Trinajstić information content (AvgIpc) is 3.11. The van der Waals surface area contributed by atoms with Crippen molar-refractivity contribution in [2.75, 3.05) is 19.5 Å². The van der Waals surface area contributed by atoms with Crippen molar-refractivity contribution in [3.8, 4) is 23.0 Å². The van der Waals surface area contributed by atoms with Crippen LogP contribution in [0.5, 0.6) is 11.5 Å². The highest BCUT2D eigenvalue weighted by Crippen LogP contribution is 2.32. The van der Waals surface area contributed by atoms with Crippen LogP contribution in [-0.4, -0.2) is 30.3 Å². The van der Waals surface area contributed by atoms with Gasteiger partial charge in [0.05, 0.1) is 14.2 Å². The molecule has 0 saturated heterocycles. The zero-order valence-electron chi connectivity index (χ0n) is 15.0. The first-order chi connectivity index (χ1) is 12.5. The third kappa shape index (κ3) is 3.51. The average molecular weight is 353 g/mol. The van der Waals surface area contributed by atoms with Gasteiger partial charge in [0, 0.05) is 11.1 Å². The molecule has 2 aromatic carbocycles. The molecule has 3 rings (SSSR count). The van der Waals surface area contributed by atoms with Crippen molar-refractivity contribution in [2.24, 2.45) is 0 Å². The van der Waals surface area contributed by atoms with Gasteiger partial charge < -0.3 is 13.9 Å². The molecule has 0 spiro atoms. The zero-order chi connectivity index (χ0) is 18.7. The van der Waals surface area contributed by atoms with Crippen LogP contribution in [0.25, 0.3) is 11.5 Å². The van der Waals surface area contributed by atoms with Crippen LogP contribution in [0.4, 0.5) is 6.01 Å². The molecule has 7 heteroatoms. The Balaban J connectivity index is 1.82. The van der Waals surface area contributed by atoms with E-state index in [9.17, 15) is 4.79 Å². The molecule has 0 fully saturated rings.